The molecule has 2 rings (SSSR count). The van der Waals surface area contributed by atoms with E-state index in [2.05, 4.69) is 25.9 Å². The van der Waals surface area contributed by atoms with Crippen LogP contribution in [0.15, 0.2) is 24.3 Å². The molecule has 0 bridgehead atoms. The number of hydrogen-bond acceptors (Lipinski definition) is 16. The van der Waals surface area contributed by atoms with Gasteiger partial charge in [0.25, 0.3) is 5.91 Å². The number of ether oxygens (including phenoxy) is 1. The number of para-hydroxylation sites is 2. The molecule has 1 aromatic heterocycles. The lowest BCUT2D eigenvalue weighted by Crippen LogP contribution is -2.68. The van der Waals surface area contributed by atoms with E-state index in [1.165, 1.54) is 77.8 Å². The number of hydrogen-bond donors (Lipinski definition) is 7. The average Bonchev–Trinajstić information content (AvgIpc) is 0.978. The first-order chi connectivity index (χ1) is 42.6. The quantitative estimate of drug-likeness (QED) is 0.0371. The highest BCUT2D eigenvalue weighted by Gasteiger charge is 2.46. The highest BCUT2D eigenvalue weighted by Crippen LogP contribution is 2.27. The fourth-order valence-corrected chi connectivity index (χ4v) is 11.3. The van der Waals surface area contributed by atoms with Crippen LogP contribution in [0, 0.1) is 35.5 Å². The highest BCUT2D eigenvalue weighted by molar-refractivity contribution is 5.96. The van der Waals surface area contributed by atoms with Crippen LogP contribution >= 0.6 is 0 Å². The van der Waals surface area contributed by atoms with Crippen molar-refractivity contribution in [3.8, 4) is 0 Å². The maximum absolute atomic E-state index is 15.0. The Morgan fingerprint density at radius 1 is 0.663 bits per heavy atom. The van der Waals surface area contributed by atoms with Crippen molar-refractivity contribution in [2.45, 2.75) is 228 Å². The summed E-state index contributed by atoms with van der Waals surface area (Å²) in [7, 11) is 8.18. The SMILES string of the molecule is CCCC(C(=O)NC(C)(C=O)OC(C(=O)N(C)C(CC(C)C)C(N)=O)C(C)C)N(C)C(=O)C(CC(C)C)NC(C=O)(CC(C)C)N(C)C(=O)CN(C)C(=O)C(NC(=O)C(CC(C)Cc1nc2ccccc2[nH]1)N(C)C(=O)C(C(C)O)N(C)C(=O)CCC(C)C)C(C)O. The number of aldehydes is 2. The van der Waals surface area contributed by atoms with Gasteiger partial charge in [-0.25, -0.2) is 4.98 Å². The number of nitrogens with two attached hydrogens (primary N) is 1. The number of carbonyl (C=O) groups excluding carboxylic acids is 11. The van der Waals surface area contributed by atoms with Crippen LogP contribution in [0.25, 0.3) is 11.0 Å². The van der Waals surface area contributed by atoms with E-state index in [0.717, 1.165) is 25.7 Å². The Labute approximate surface area is 545 Å². The van der Waals surface area contributed by atoms with Gasteiger partial charge in [-0.1, -0.05) is 102 Å². The van der Waals surface area contributed by atoms with Crippen molar-refractivity contribution in [1.82, 2.24) is 55.3 Å². The number of nitrogens with one attached hydrogen (secondary N) is 4. The molecule has 0 aliphatic rings. The van der Waals surface area contributed by atoms with Crippen molar-refractivity contribution in [2.75, 3.05) is 48.8 Å². The largest absolute Gasteiger partial charge is 0.391 e. The molecule has 8 N–H and O–H groups in total. The summed E-state index contributed by atoms with van der Waals surface area (Å²) in [6.07, 6.45) is -1.76. The minimum absolute atomic E-state index is 0.00682. The minimum atomic E-state index is -2.12. The van der Waals surface area contributed by atoms with Gasteiger partial charge >= 0.3 is 0 Å². The number of nitrogens with zero attached hydrogens (tertiary/aromatic N) is 7. The van der Waals surface area contributed by atoms with Crippen molar-refractivity contribution >= 4 is 76.8 Å². The number of aromatic nitrogens is 2. The number of rotatable bonds is 40. The van der Waals surface area contributed by atoms with Gasteiger partial charge in [0.15, 0.2) is 24.0 Å². The fraction of sp³-hybridized carbons (Fsp3) is 0.727. The van der Waals surface area contributed by atoms with E-state index in [-0.39, 0.29) is 74.0 Å². The lowest BCUT2D eigenvalue weighted by Gasteiger charge is -2.43. The molecule has 0 saturated heterocycles. The third-order valence-corrected chi connectivity index (χ3v) is 16.6. The predicted molar refractivity (Wildman–Crippen MR) is 350 cm³/mol. The number of aliphatic hydroxyl groups is 2. The van der Waals surface area contributed by atoms with Gasteiger partial charge in [0.1, 0.15) is 42.1 Å². The van der Waals surface area contributed by atoms with Gasteiger partial charge in [0.2, 0.25) is 47.3 Å². The van der Waals surface area contributed by atoms with Crippen LogP contribution in [0.2, 0.25) is 0 Å². The number of likely N-dealkylation sites (N-methyl/N-ethyl adjacent to an activating group) is 6. The number of benzene rings is 1. The average molecular weight is 1300 g/mol. The summed E-state index contributed by atoms with van der Waals surface area (Å²) in [6.45, 7) is 25.1. The molecular formula is C66H112N12O14. The zero-order chi connectivity index (χ0) is 70.6. The molecule has 1 aromatic carbocycles. The maximum atomic E-state index is 15.0. The monoisotopic (exact) mass is 1300 g/mol. The molecule has 0 saturated carbocycles. The first-order valence-electron chi connectivity index (χ1n) is 32.3. The van der Waals surface area contributed by atoms with Crippen molar-refractivity contribution in [3.05, 3.63) is 30.1 Å². The van der Waals surface area contributed by atoms with Crippen LogP contribution in [0.5, 0.6) is 0 Å². The Bertz CT molecular complexity index is 2770. The Morgan fingerprint density at radius 3 is 1.73 bits per heavy atom. The number of aliphatic hydroxyl groups excluding tert-OH is 2. The van der Waals surface area contributed by atoms with Gasteiger partial charge in [0, 0.05) is 55.1 Å². The molecule has 2 aromatic rings. The molecular weight excluding hydrogens is 1180 g/mol. The van der Waals surface area contributed by atoms with E-state index < -0.39 is 126 Å². The van der Waals surface area contributed by atoms with Crippen LogP contribution in [0.3, 0.4) is 0 Å². The molecule has 9 amide bonds. The molecule has 1 heterocycles. The Balaban J connectivity index is 2.57. The van der Waals surface area contributed by atoms with Gasteiger partial charge in [-0.05, 0) is 107 Å². The van der Waals surface area contributed by atoms with Crippen molar-refractivity contribution in [2.24, 2.45) is 41.2 Å². The number of primary amides is 1. The van der Waals surface area contributed by atoms with Crippen molar-refractivity contribution in [1.29, 1.82) is 0 Å². The Morgan fingerprint density at radius 2 is 1.24 bits per heavy atom. The molecule has 0 aliphatic carbocycles. The number of H-pyrrole nitrogens is 1. The number of aromatic amines is 1. The molecule has 520 valence electrons. The summed E-state index contributed by atoms with van der Waals surface area (Å²) in [5.74, 6) is -7.24. The summed E-state index contributed by atoms with van der Waals surface area (Å²) in [4.78, 5) is 169. The van der Waals surface area contributed by atoms with Crippen LogP contribution in [0.4, 0.5) is 0 Å². The Kier molecular flexibility index (Phi) is 32.2. The van der Waals surface area contributed by atoms with E-state index >= 15 is 4.79 Å². The number of carbonyl (C=O) groups is 11. The number of imidazole rings is 1. The number of amides is 9. The second kappa shape index (κ2) is 36.5. The molecule has 92 heavy (non-hydrogen) atoms. The number of fused-ring (bicyclic) bond motifs is 1. The summed E-state index contributed by atoms with van der Waals surface area (Å²) in [5.41, 5.74) is 3.17. The van der Waals surface area contributed by atoms with Gasteiger partial charge in [-0.3, -0.25) is 58.1 Å². The maximum Gasteiger partial charge on any atom is 0.252 e. The summed E-state index contributed by atoms with van der Waals surface area (Å²) in [6, 6.07) is -0.501. The van der Waals surface area contributed by atoms with Gasteiger partial charge in [-0.2, -0.15) is 0 Å². The first kappa shape index (κ1) is 81.2. The zero-order valence-electron chi connectivity index (χ0n) is 58.7. The zero-order valence-corrected chi connectivity index (χ0v) is 58.7. The second-order valence-electron chi connectivity index (χ2n) is 27.4. The molecule has 12 unspecified atom stereocenters. The predicted octanol–water partition coefficient (Wildman–Crippen LogP) is 3.39. The highest BCUT2D eigenvalue weighted by atomic mass is 16.5. The lowest BCUT2D eigenvalue weighted by molar-refractivity contribution is -0.173. The van der Waals surface area contributed by atoms with E-state index in [1.807, 2.05) is 72.7 Å². The second-order valence-corrected chi connectivity index (χ2v) is 27.4. The third kappa shape index (κ3) is 23.0. The molecule has 26 nitrogen and oxygen atoms in total. The van der Waals surface area contributed by atoms with E-state index in [0.29, 0.717) is 37.7 Å². The van der Waals surface area contributed by atoms with Crippen molar-refractivity contribution < 1.29 is 67.7 Å². The molecule has 12 atom stereocenters. The van der Waals surface area contributed by atoms with E-state index in [9.17, 15) is 58.2 Å². The summed E-state index contributed by atoms with van der Waals surface area (Å²) >= 11 is 0. The van der Waals surface area contributed by atoms with E-state index in [1.54, 1.807) is 34.6 Å². The topological polar surface area (TPSA) is 348 Å². The van der Waals surface area contributed by atoms with Gasteiger partial charge in [-0.15, -0.1) is 0 Å². The molecule has 0 fully saturated rings. The van der Waals surface area contributed by atoms with E-state index in [4.69, 9.17) is 10.5 Å². The molecule has 0 radical (unpaired) electrons. The van der Waals surface area contributed by atoms with Gasteiger partial charge in [0.05, 0.1) is 35.8 Å². The van der Waals surface area contributed by atoms with Crippen LogP contribution in [0.1, 0.15) is 161 Å². The fourth-order valence-electron chi connectivity index (χ4n) is 11.3. The Hall–Kier alpha value is -6.90. The van der Waals surface area contributed by atoms with Crippen LogP contribution in [-0.2, 0) is 63.9 Å². The summed E-state index contributed by atoms with van der Waals surface area (Å²) < 4.78 is 6.13. The minimum Gasteiger partial charge on any atom is -0.391 e. The van der Waals surface area contributed by atoms with Crippen molar-refractivity contribution in [3.63, 3.8) is 0 Å². The third-order valence-electron chi connectivity index (χ3n) is 16.6. The smallest absolute Gasteiger partial charge is 0.252 e. The standard InChI is InChI=1S/C66H112N12O14/c1-22-25-49(60(87)72-65(15,36-79)92-57(42(10)11)64(91)75(18)50(58(67)85)31-40(6)7)74(17)61(88)48(30-39(4)5)71-66(37-80,34-41(8)9)78(21)54(84)35-73(16)62(89)55(44(13)81)70-59(86)51(32-43(12)33-52-68-46-26-23-24-27-47(46)69-52)76(19)63(90)56(45(14)82)77(20)53(83)29-28-38(2)3/h23-24,26-27,36-45,48-51,55-57,71,81-82H,22,25,28-35H2,1-21H3,(H2,67,85)(H,68,69)(H,70,86)(H,72,87). The molecule has 0 spiro atoms. The molecule has 0 aliphatic heterocycles. The summed E-state index contributed by atoms with van der Waals surface area (Å²) in [5, 5.41) is 30.7. The molecule has 26 heteroatoms. The van der Waals surface area contributed by atoms with Crippen LogP contribution < -0.4 is 21.7 Å². The lowest BCUT2D eigenvalue weighted by atomic mass is 9.93. The normalized spacial score (nSPS) is 16.4. The van der Waals surface area contributed by atoms with Crippen LogP contribution in [-0.4, -0.2) is 230 Å². The van der Waals surface area contributed by atoms with Gasteiger partial charge < -0.3 is 65.7 Å². The first-order valence-corrected chi connectivity index (χ1v) is 32.3.